The summed E-state index contributed by atoms with van der Waals surface area (Å²) in [7, 11) is 0. The second-order valence-corrected chi connectivity index (χ2v) is 5.63. The molecule has 1 aromatic heterocycles. The molecule has 2 nitrogen and oxygen atoms in total. The second-order valence-electron chi connectivity index (χ2n) is 5.63. The first kappa shape index (κ1) is 16.3. The monoisotopic (exact) mass is 301 g/mol. The van der Waals surface area contributed by atoms with Crippen molar-refractivity contribution in [1.82, 2.24) is 4.98 Å². The molecule has 1 aromatic rings. The lowest BCUT2D eigenvalue weighted by atomic mass is 9.74. The molecule has 0 spiro atoms. The summed E-state index contributed by atoms with van der Waals surface area (Å²) in [5.41, 5.74) is -2.26. The largest absolute Gasteiger partial charge is 0.423 e. The second kappa shape index (κ2) is 6.77. The predicted molar refractivity (Wildman–Crippen MR) is 74.8 cm³/mol. The van der Waals surface area contributed by atoms with Crippen LogP contribution in [-0.4, -0.2) is 17.8 Å². The standard InChI is InChI=1S/C16H22F3NO/c1-2-12-21-15(16(17,18)19,13-8-4-3-5-9-13)14-10-6-7-11-20-14/h6-7,10-11,13H,2-5,8-9,12H2,1H3. The van der Waals surface area contributed by atoms with Gasteiger partial charge < -0.3 is 4.74 Å². The number of nitrogens with zero attached hydrogens (tertiary/aromatic N) is 1. The van der Waals surface area contributed by atoms with E-state index in [9.17, 15) is 13.2 Å². The van der Waals surface area contributed by atoms with Crippen LogP contribution in [0.15, 0.2) is 24.4 Å². The fourth-order valence-electron chi connectivity index (χ4n) is 3.21. The average Bonchev–Trinajstić information content (AvgIpc) is 2.49. The van der Waals surface area contributed by atoms with Crippen LogP contribution in [-0.2, 0) is 10.3 Å². The highest BCUT2D eigenvalue weighted by molar-refractivity contribution is 5.18. The van der Waals surface area contributed by atoms with Crippen molar-refractivity contribution < 1.29 is 17.9 Å². The van der Waals surface area contributed by atoms with Crippen LogP contribution in [0.1, 0.15) is 51.1 Å². The Hall–Kier alpha value is -1.10. The van der Waals surface area contributed by atoms with Crippen molar-refractivity contribution in [2.45, 2.75) is 57.2 Å². The van der Waals surface area contributed by atoms with E-state index in [1.165, 1.54) is 12.3 Å². The first-order valence-corrected chi connectivity index (χ1v) is 7.64. The van der Waals surface area contributed by atoms with E-state index < -0.39 is 17.7 Å². The maximum absolute atomic E-state index is 14.0. The lowest BCUT2D eigenvalue weighted by Crippen LogP contribution is -2.52. The Bertz CT molecular complexity index is 429. The molecular formula is C16H22F3NO. The highest BCUT2D eigenvalue weighted by atomic mass is 19.4. The molecule has 0 bridgehead atoms. The maximum atomic E-state index is 14.0. The van der Waals surface area contributed by atoms with Crippen LogP contribution in [0.3, 0.4) is 0 Å². The van der Waals surface area contributed by atoms with Crippen molar-refractivity contribution in [2.75, 3.05) is 6.61 Å². The molecule has 5 heteroatoms. The van der Waals surface area contributed by atoms with E-state index in [-0.39, 0.29) is 12.3 Å². The van der Waals surface area contributed by atoms with Crippen molar-refractivity contribution >= 4 is 0 Å². The van der Waals surface area contributed by atoms with Gasteiger partial charge in [0.15, 0.2) is 0 Å². The van der Waals surface area contributed by atoms with E-state index in [2.05, 4.69) is 4.98 Å². The van der Waals surface area contributed by atoms with Gasteiger partial charge in [0.1, 0.15) is 0 Å². The van der Waals surface area contributed by atoms with Crippen LogP contribution in [0, 0.1) is 5.92 Å². The van der Waals surface area contributed by atoms with Crippen LogP contribution in [0.25, 0.3) is 0 Å². The molecule has 1 fully saturated rings. The number of pyridine rings is 1. The van der Waals surface area contributed by atoms with Crippen molar-refractivity contribution in [3.63, 3.8) is 0 Å². The van der Waals surface area contributed by atoms with Gasteiger partial charge in [-0.15, -0.1) is 0 Å². The highest BCUT2D eigenvalue weighted by Crippen LogP contribution is 2.51. The Labute approximate surface area is 123 Å². The summed E-state index contributed by atoms with van der Waals surface area (Å²) in [5.74, 6) is -0.548. The zero-order chi connectivity index (χ0) is 15.3. The van der Waals surface area contributed by atoms with E-state index in [4.69, 9.17) is 4.74 Å². The smallest absolute Gasteiger partial charge is 0.359 e. The summed E-state index contributed by atoms with van der Waals surface area (Å²) in [6.07, 6.45) is 1.24. The van der Waals surface area contributed by atoms with Crippen LogP contribution >= 0.6 is 0 Å². The number of aromatic nitrogens is 1. The zero-order valence-electron chi connectivity index (χ0n) is 12.3. The zero-order valence-corrected chi connectivity index (χ0v) is 12.3. The Morgan fingerprint density at radius 2 is 1.90 bits per heavy atom. The Morgan fingerprint density at radius 3 is 2.43 bits per heavy atom. The quantitative estimate of drug-likeness (QED) is 0.776. The molecule has 1 atom stereocenters. The van der Waals surface area contributed by atoms with Crippen LogP contribution < -0.4 is 0 Å². The van der Waals surface area contributed by atoms with Gasteiger partial charge in [-0.25, -0.2) is 0 Å². The van der Waals surface area contributed by atoms with Crippen molar-refractivity contribution in [3.05, 3.63) is 30.1 Å². The van der Waals surface area contributed by atoms with E-state index in [0.29, 0.717) is 19.3 Å². The lowest BCUT2D eigenvalue weighted by Gasteiger charge is -2.43. The van der Waals surface area contributed by atoms with Gasteiger partial charge in [-0.2, -0.15) is 13.2 Å². The Morgan fingerprint density at radius 1 is 1.19 bits per heavy atom. The number of halogens is 3. The maximum Gasteiger partial charge on any atom is 0.423 e. The number of alkyl halides is 3. The number of hydrogen-bond acceptors (Lipinski definition) is 2. The number of rotatable bonds is 5. The molecule has 118 valence electrons. The third-order valence-corrected chi connectivity index (χ3v) is 4.18. The molecule has 1 heterocycles. The van der Waals surface area contributed by atoms with Crippen LogP contribution in [0.2, 0.25) is 0 Å². The van der Waals surface area contributed by atoms with Gasteiger partial charge >= 0.3 is 6.18 Å². The third-order valence-electron chi connectivity index (χ3n) is 4.18. The molecule has 1 aliphatic carbocycles. The van der Waals surface area contributed by atoms with Gasteiger partial charge in [0.2, 0.25) is 5.60 Å². The molecular weight excluding hydrogens is 279 g/mol. The normalized spacial score (nSPS) is 20.2. The van der Waals surface area contributed by atoms with Gasteiger partial charge in [0.25, 0.3) is 0 Å². The minimum Gasteiger partial charge on any atom is -0.359 e. The average molecular weight is 301 g/mol. The molecule has 0 aliphatic heterocycles. The summed E-state index contributed by atoms with van der Waals surface area (Å²) >= 11 is 0. The number of hydrogen-bond donors (Lipinski definition) is 0. The van der Waals surface area contributed by atoms with E-state index >= 15 is 0 Å². The highest BCUT2D eigenvalue weighted by Gasteiger charge is 2.62. The molecule has 21 heavy (non-hydrogen) atoms. The summed E-state index contributed by atoms with van der Waals surface area (Å²) in [6.45, 7) is 1.91. The molecule has 1 aliphatic rings. The number of ether oxygens (including phenoxy) is 1. The van der Waals surface area contributed by atoms with E-state index in [0.717, 1.165) is 19.3 Å². The molecule has 0 saturated heterocycles. The fourth-order valence-corrected chi connectivity index (χ4v) is 3.21. The summed E-state index contributed by atoms with van der Waals surface area (Å²) in [4.78, 5) is 4.00. The fraction of sp³-hybridized carbons (Fsp3) is 0.688. The Balaban J connectivity index is 2.47. The van der Waals surface area contributed by atoms with E-state index in [1.54, 1.807) is 12.1 Å². The lowest BCUT2D eigenvalue weighted by molar-refractivity contribution is -0.310. The molecule has 0 amide bonds. The minimum atomic E-state index is -4.46. The first-order valence-electron chi connectivity index (χ1n) is 7.64. The van der Waals surface area contributed by atoms with Gasteiger partial charge in [0.05, 0.1) is 5.69 Å². The SMILES string of the molecule is CCCOC(c1ccccn1)(C1CCCCC1)C(F)(F)F. The van der Waals surface area contributed by atoms with E-state index in [1.807, 2.05) is 6.92 Å². The first-order chi connectivity index (χ1) is 10.0. The minimum absolute atomic E-state index is 0.00199. The molecule has 0 N–H and O–H groups in total. The molecule has 1 unspecified atom stereocenters. The molecule has 2 rings (SSSR count). The van der Waals surface area contributed by atoms with Crippen LogP contribution in [0.4, 0.5) is 13.2 Å². The predicted octanol–water partition coefficient (Wildman–Crippen LogP) is 4.85. The molecule has 0 radical (unpaired) electrons. The Kier molecular flexibility index (Phi) is 5.25. The topological polar surface area (TPSA) is 22.1 Å². The summed E-state index contributed by atoms with van der Waals surface area (Å²) < 4.78 is 47.5. The van der Waals surface area contributed by atoms with Gasteiger partial charge in [0, 0.05) is 18.7 Å². The molecule has 0 aromatic carbocycles. The van der Waals surface area contributed by atoms with Crippen molar-refractivity contribution in [3.8, 4) is 0 Å². The van der Waals surface area contributed by atoms with Crippen LogP contribution in [0.5, 0.6) is 0 Å². The molecule has 1 saturated carbocycles. The summed E-state index contributed by atoms with van der Waals surface area (Å²) in [5, 5.41) is 0. The van der Waals surface area contributed by atoms with Gasteiger partial charge in [-0.1, -0.05) is 32.3 Å². The van der Waals surface area contributed by atoms with Gasteiger partial charge in [-0.05, 0) is 31.4 Å². The van der Waals surface area contributed by atoms with Crippen molar-refractivity contribution in [2.24, 2.45) is 5.92 Å². The van der Waals surface area contributed by atoms with Crippen molar-refractivity contribution in [1.29, 1.82) is 0 Å². The third kappa shape index (κ3) is 3.23. The van der Waals surface area contributed by atoms with Gasteiger partial charge in [-0.3, -0.25) is 4.98 Å². The summed E-state index contributed by atoms with van der Waals surface area (Å²) in [6, 6.07) is 4.67.